The van der Waals surface area contributed by atoms with Gasteiger partial charge in [0.2, 0.25) is 0 Å². The first-order chi connectivity index (χ1) is 9.92. The van der Waals surface area contributed by atoms with E-state index in [0.29, 0.717) is 6.04 Å². The average molecular weight is 411 g/mol. The van der Waals surface area contributed by atoms with E-state index < -0.39 is 0 Å². The van der Waals surface area contributed by atoms with Crippen molar-refractivity contribution in [3.05, 3.63) is 68.6 Å². The van der Waals surface area contributed by atoms with Crippen LogP contribution < -0.4 is 5.32 Å². The van der Waals surface area contributed by atoms with E-state index in [4.69, 9.17) is 0 Å². The van der Waals surface area contributed by atoms with Crippen LogP contribution in [0.3, 0.4) is 0 Å². The Morgan fingerprint density at radius 1 is 0.905 bits per heavy atom. The highest BCUT2D eigenvalue weighted by molar-refractivity contribution is 9.10. The van der Waals surface area contributed by atoms with E-state index >= 15 is 0 Å². The number of hydrogen-bond donors (Lipinski definition) is 1. The quantitative estimate of drug-likeness (QED) is 0.619. The Morgan fingerprint density at radius 2 is 1.38 bits per heavy atom. The zero-order valence-electron chi connectivity index (χ0n) is 12.7. The molecule has 0 bridgehead atoms. The highest BCUT2D eigenvalue weighted by atomic mass is 79.9. The molecule has 1 atom stereocenters. The van der Waals surface area contributed by atoms with E-state index in [1.54, 1.807) is 0 Å². The third kappa shape index (κ3) is 4.41. The molecule has 1 nitrogen and oxygen atoms in total. The third-order valence-electron chi connectivity index (χ3n) is 3.78. The van der Waals surface area contributed by atoms with E-state index in [2.05, 4.69) is 106 Å². The van der Waals surface area contributed by atoms with Gasteiger partial charge in [0, 0.05) is 20.5 Å². The summed E-state index contributed by atoms with van der Waals surface area (Å²) >= 11 is 6.99. The molecule has 0 saturated heterocycles. The highest BCUT2D eigenvalue weighted by Crippen LogP contribution is 2.28. The van der Waals surface area contributed by atoms with E-state index in [9.17, 15) is 0 Å². The summed E-state index contributed by atoms with van der Waals surface area (Å²) in [6.45, 7) is 6.69. The molecule has 0 aliphatic heterocycles. The van der Waals surface area contributed by atoms with Crippen LogP contribution in [0.25, 0.3) is 0 Å². The van der Waals surface area contributed by atoms with Crippen molar-refractivity contribution in [3.8, 4) is 0 Å². The van der Waals surface area contributed by atoms with Crippen molar-refractivity contribution in [1.29, 1.82) is 0 Å². The SMILES string of the molecule is CCC(NC(C)(C)c1ccc(Br)cc1)c1ccc(Br)cc1. The zero-order chi connectivity index (χ0) is 15.5. The van der Waals surface area contributed by atoms with Crippen LogP contribution in [-0.4, -0.2) is 0 Å². The van der Waals surface area contributed by atoms with Crippen molar-refractivity contribution in [3.63, 3.8) is 0 Å². The van der Waals surface area contributed by atoms with E-state index in [-0.39, 0.29) is 5.54 Å². The van der Waals surface area contributed by atoms with E-state index in [0.717, 1.165) is 15.4 Å². The van der Waals surface area contributed by atoms with Gasteiger partial charge in [-0.3, -0.25) is 0 Å². The van der Waals surface area contributed by atoms with Gasteiger partial charge in [0.25, 0.3) is 0 Å². The Kier molecular flexibility index (Phi) is 5.64. The van der Waals surface area contributed by atoms with Gasteiger partial charge in [0.15, 0.2) is 0 Å². The Bertz CT molecular complexity index is 573. The molecule has 2 aromatic carbocycles. The van der Waals surface area contributed by atoms with Gasteiger partial charge in [-0.1, -0.05) is 63.0 Å². The molecular formula is C18H21Br2N. The van der Waals surface area contributed by atoms with Gasteiger partial charge in [0.1, 0.15) is 0 Å². The molecule has 0 aromatic heterocycles. The topological polar surface area (TPSA) is 12.0 Å². The molecule has 0 aliphatic carbocycles. The number of halogens is 2. The molecule has 0 amide bonds. The summed E-state index contributed by atoms with van der Waals surface area (Å²) in [6.07, 6.45) is 1.06. The molecule has 3 heteroatoms. The highest BCUT2D eigenvalue weighted by Gasteiger charge is 2.24. The maximum absolute atomic E-state index is 3.78. The van der Waals surface area contributed by atoms with Gasteiger partial charge < -0.3 is 5.32 Å². The number of nitrogens with one attached hydrogen (secondary N) is 1. The largest absolute Gasteiger partial charge is 0.301 e. The predicted octanol–water partition coefficient (Wildman–Crippen LogP) is 6.19. The molecular weight excluding hydrogens is 390 g/mol. The van der Waals surface area contributed by atoms with Crippen molar-refractivity contribution in [2.45, 2.75) is 38.8 Å². The lowest BCUT2D eigenvalue weighted by Crippen LogP contribution is -2.39. The first-order valence-electron chi connectivity index (χ1n) is 7.21. The summed E-state index contributed by atoms with van der Waals surface area (Å²) in [7, 11) is 0. The zero-order valence-corrected chi connectivity index (χ0v) is 15.8. The number of benzene rings is 2. The van der Waals surface area contributed by atoms with Gasteiger partial charge in [-0.25, -0.2) is 0 Å². The van der Waals surface area contributed by atoms with Crippen LogP contribution in [0.4, 0.5) is 0 Å². The molecule has 0 spiro atoms. The Labute approximate surface area is 144 Å². The van der Waals surface area contributed by atoms with E-state index in [1.165, 1.54) is 11.1 Å². The molecule has 2 rings (SSSR count). The summed E-state index contributed by atoms with van der Waals surface area (Å²) in [5, 5.41) is 3.78. The lowest BCUT2D eigenvalue weighted by atomic mass is 9.91. The van der Waals surface area contributed by atoms with Gasteiger partial charge in [0.05, 0.1) is 0 Å². The smallest absolute Gasteiger partial charge is 0.0382 e. The molecule has 0 saturated carbocycles. The summed E-state index contributed by atoms with van der Waals surface area (Å²) in [5.74, 6) is 0. The van der Waals surface area contributed by atoms with Crippen molar-refractivity contribution >= 4 is 31.9 Å². The molecule has 1 N–H and O–H groups in total. The van der Waals surface area contributed by atoms with Crippen molar-refractivity contribution < 1.29 is 0 Å². The molecule has 21 heavy (non-hydrogen) atoms. The van der Waals surface area contributed by atoms with Gasteiger partial charge in [-0.2, -0.15) is 0 Å². The predicted molar refractivity (Wildman–Crippen MR) is 97.5 cm³/mol. The lowest BCUT2D eigenvalue weighted by Gasteiger charge is -2.32. The second kappa shape index (κ2) is 7.08. The molecule has 0 fully saturated rings. The lowest BCUT2D eigenvalue weighted by molar-refractivity contribution is 0.338. The van der Waals surface area contributed by atoms with Gasteiger partial charge in [-0.05, 0) is 55.7 Å². The third-order valence-corrected chi connectivity index (χ3v) is 4.84. The first-order valence-corrected chi connectivity index (χ1v) is 8.80. The fourth-order valence-corrected chi connectivity index (χ4v) is 3.03. The average Bonchev–Trinajstić information content (AvgIpc) is 2.46. The Balaban J connectivity index is 2.20. The van der Waals surface area contributed by atoms with Crippen LogP contribution in [-0.2, 0) is 5.54 Å². The summed E-state index contributed by atoms with van der Waals surface area (Å²) in [5.41, 5.74) is 2.54. The van der Waals surface area contributed by atoms with Crippen LogP contribution in [0.2, 0.25) is 0 Å². The van der Waals surface area contributed by atoms with E-state index in [1.807, 2.05) is 0 Å². The summed E-state index contributed by atoms with van der Waals surface area (Å²) < 4.78 is 2.23. The van der Waals surface area contributed by atoms with Crippen molar-refractivity contribution in [2.24, 2.45) is 0 Å². The Hall–Kier alpha value is -0.640. The second-order valence-corrected chi connectivity index (χ2v) is 7.62. The molecule has 1 unspecified atom stereocenters. The summed E-state index contributed by atoms with van der Waals surface area (Å²) in [4.78, 5) is 0. The summed E-state index contributed by atoms with van der Waals surface area (Å²) in [6, 6.07) is 17.5. The minimum absolute atomic E-state index is 0.0750. The minimum Gasteiger partial charge on any atom is -0.301 e. The van der Waals surface area contributed by atoms with Crippen LogP contribution in [0, 0.1) is 0 Å². The maximum atomic E-state index is 3.78. The van der Waals surface area contributed by atoms with Crippen molar-refractivity contribution in [1.82, 2.24) is 5.32 Å². The van der Waals surface area contributed by atoms with Crippen LogP contribution >= 0.6 is 31.9 Å². The monoisotopic (exact) mass is 409 g/mol. The number of rotatable bonds is 5. The van der Waals surface area contributed by atoms with Crippen LogP contribution in [0.1, 0.15) is 44.4 Å². The van der Waals surface area contributed by atoms with Crippen LogP contribution in [0.5, 0.6) is 0 Å². The molecule has 0 radical (unpaired) electrons. The Morgan fingerprint density at radius 3 is 1.86 bits per heavy atom. The number of hydrogen-bond acceptors (Lipinski definition) is 1. The van der Waals surface area contributed by atoms with Gasteiger partial charge >= 0.3 is 0 Å². The second-order valence-electron chi connectivity index (χ2n) is 5.79. The normalized spacial score (nSPS) is 13.2. The molecule has 112 valence electrons. The van der Waals surface area contributed by atoms with Crippen molar-refractivity contribution in [2.75, 3.05) is 0 Å². The fourth-order valence-electron chi connectivity index (χ4n) is 2.50. The maximum Gasteiger partial charge on any atom is 0.0382 e. The first kappa shape index (κ1) is 16.7. The standard InChI is InChI=1S/C18H21Br2N/c1-4-17(13-5-9-15(19)10-6-13)21-18(2,3)14-7-11-16(20)12-8-14/h5-12,17,21H,4H2,1-3H3. The molecule has 2 aromatic rings. The minimum atomic E-state index is -0.0750. The van der Waals surface area contributed by atoms with Crippen LogP contribution in [0.15, 0.2) is 57.5 Å². The van der Waals surface area contributed by atoms with Gasteiger partial charge in [-0.15, -0.1) is 0 Å². The molecule has 0 heterocycles. The molecule has 0 aliphatic rings. The fraction of sp³-hybridized carbons (Fsp3) is 0.333.